The van der Waals surface area contributed by atoms with Crippen LogP contribution in [-0.4, -0.2) is 23.7 Å². The summed E-state index contributed by atoms with van der Waals surface area (Å²) in [5.74, 6) is -1.02. The van der Waals surface area contributed by atoms with E-state index in [1.807, 2.05) is 0 Å². The zero-order valence-corrected chi connectivity index (χ0v) is 14.7. The maximum Gasteiger partial charge on any atom is 0.335 e. The van der Waals surface area contributed by atoms with Crippen LogP contribution < -0.4 is 9.47 Å². The van der Waals surface area contributed by atoms with Gasteiger partial charge in [0.2, 0.25) is 0 Å². The van der Waals surface area contributed by atoms with Crippen molar-refractivity contribution >= 4 is 11.9 Å². The molecule has 0 spiro atoms. The molecule has 0 amide bonds. The number of aromatic carboxylic acids is 1. The predicted octanol–water partition coefficient (Wildman–Crippen LogP) is 4.83. The Hall–Kier alpha value is -2.04. The summed E-state index contributed by atoms with van der Waals surface area (Å²) >= 11 is 0. The molecule has 0 saturated carbocycles. The molecule has 1 aromatic carbocycles. The monoisotopic (exact) mass is 336 g/mol. The number of carbonyl (C=O) groups is 2. The first kappa shape index (κ1) is 20.0. The predicted molar refractivity (Wildman–Crippen MR) is 92.8 cm³/mol. The van der Waals surface area contributed by atoms with E-state index < -0.39 is 11.9 Å². The molecule has 0 radical (unpaired) electrons. The van der Waals surface area contributed by atoms with E-state index in [4.69, 9.17) is 14.6 Å². The van der Waals surface area contributed by atoms with E-state index in [-0.39, 0.29) is 11.3 Å². The topological polar surface area (TPSA) is 72.8 Å². The van der Waals surface area contributed by atoms with Crippen LogP contribution in [0.3, 0.4) is 0 Å². The van der Waals surface area contributed by atoms with Gasteiger partial charge in [0, 0.05) is 6.92 Å². The number of ether oxygens (including phenoxy) is 2. The van der Waals surface area contributed by atoms with Crippen molar-refractivity contribution in [3.63, 3.8) is 0 Å². The maximum atomic E-state index is 11.1. The quantitative estimate of drug-likeness (QED) is 0.336. The Balaban J connectivity index is 2.38. The Morgan fingerprint density at radius 2 is 1.58 bits per heavy atom. The fourth-order valence-corrected chi connectivity index (χ4v) is 2.41. The van der Waals surface area contributed by atoms with Crippen molar-refractivity contribution in [2.75, 3.05) is 6.61 Å². The van der Waals surface area contributed by atoms with Crippen LogP contribution in [0.5, 0.6) is 11.5 Å². The molecular weight excluding hydrogens is 308 g/mol. The SMILES string of the molecule is CCCCCCCCCCOc1ccc(C(=O)O)cc1OC(C)=O. The lowest BCUT2D eigenvalue weighted by Crippen LogP contribution is -2.07. The van der Waals surface area contributed by atoms with Crippen molar-refractivity contribution in [3.8, 4) is 11.5 Å². The van der Waals surface area contributed by atoms with Crippen LogP contribution in [0.15, 0.2) is 18.2 Å². The molecule has 0 aromatic heterocycles. The molecule has 1 N–H and O–H groups in total. The molecule has 0 fully saturated rings. The molecule has 0 bridgehead atoms. The normalized spacial score (nSPS) is 10.4. The molecule has 1 aromatic rings. The summed E-state index contributed by atoms with van der Waals surface area (Å²) in [6.45, 7) is 4.01. The van der Waals surface area contributed by atoms with Gasteiger partial charge in [0.15, 0.2) is 11.5 Å². The molecule has 0 heterocycles. The number of benzene rings is 1. The lowest BCUT2D eigenvalue weighted by atomic mass is 10.1. The Morgan fingerprint density at radius 1 is 0.958 bits per heavy atom. The number of hydrogen-bond acceptors (Lipinski definition) is 4. The zero-order chi connectivity index (χ0) is 17.8. The lowest BCUT2D eigenvalue weighted by molar-refractivity contribution is -0.132. The number of carboxylic acid groups (broad SMARTS) is 1. The minimum absolute atomic E-state index is 0.0608. The van der Waals surface area contributed by atoms with Crippen LogP contribution in [0.4, 0.5) is 0 Å². The molecule has 0 aliphatic rings. The summed E-state index contributed by atoms with van der Waals surface area (Å²) in [6, 6.07) is 4.29. The number of carbonyl (C=O) groups excluding carboxylic acids is 1. The van der Waals surface area contributed by atoms with Crippen molar-refractivity contribution < 1.29 is 24.2 Å². The second kappa shape index (κ2) is 11.5. The van der Waals surface area contributed by atoms with Gasteiger partial charge in [0.1, 0.15) is 0 Å². The second-order valence-electron chi connectivity index (χ2n) is 5.88. The van der Waals surface area contributed by atoms with Gasteiger partial charge in [-0.15, -0.1) is 0 Å². The summed E-state index contributed by atoms with van der Waals surface area (Å²) in [6.07, 6.45) is 9.66. The first-order chi connectivity index (χ1) is 11.5. The summed E-state index contributed by atoms with van der Waals surface area (Å²) in [4.78, 5) is 22.1. The lowest BCUT2D eigenvalue weighted by Gasteiger charge is -2.11. The maximum absolute atomic E-state index is 11.1. The summed E-state index contributed by atoms with van der Waals surface area (Å²) in [5, 5.41) is 9.00. The average Bonchev–Trinajstić information content (AvgIpc) is 2.53. The van der Waals surface area contributed by atoms with Gasteiger partial charge >= 0.3 is 11.9 Å². The molecule has 5 nitrogen and oxygen atoms in total. The third kappa shape index (κ3) is 7.99. The van der Waals surface area contributed by atoms with Crippen LogP contribution in [0, 0.1) is 0 Å². The Morgan fingerprint density at radius 3 is 2.17 bits per heavy atom. The van der Waals surface area contributed by atoms with E-state index in [1.54, 1.807) is 0 Å². The van der Waals surface area contributed by atoms with Gasteiger partial charge < -0.3 is 14.6 Å². The fourth-order valence-electron chi connectivity index (χ4n) is 2.41. The molecule has 1 rings (SSSR count). The first-order valence-corrected chi connectivity index (χ1v) is 8.73. The fraction of sp³-hybridized carbons (Fsp3) is 0.579. The molecule has 24 heavy (non-hydrogen) atoms. The number of esters is 1. The highest BCUT2D eigenvalue weighted by atomic mass is 16.6. The highest BCUT2D eigenvalue weighted by molar-refractivity contribution is 5.88. The molecule has 0 aliphatic carbocycles. The van der Waals surface area contributed by atoms with Crippen LogP contribution in [0.1, 0.15) is 75.6 Å². The Labute approximate surface area is 144 Å². The van der Waals surface area contributed by atoms with Crippen molar-refractivity contribution in [2.45, 2.75) is 65.2 Å². The standard InChI is InChI=1S/C19H28O5/c1-3-4-5-6-7-8-9-10-13-23-17-12-11-16(19(21)22)14-18(17)24-15(2)20/h11-12,14H,3-10,13H2,1-2H3,(H,21,22). The zero-order valence-electron chi connectivity index (χ0n) is 14.7. The highest BCUT2D eigenvalue weighted by Crippen LogP contribution is 2.29. The number of unbranched alkanes of at least 4 members (excludes halogenated alkanes) is 7. The number of hydrogen-bond donors (Lipinski definition) is 1. The van der Waals surface area contributed by atoms with E-state index in [2.05, 4.69) is 6.92 Å². The van der Waals surface area contributed by atoms with Gasteiger partial charge in [-0.25, -0.2) is 4.79 Å². The third-order valence-electron chi connectivity index (χ3n) is 3.70. The smallest absolute Gasteiger partial charge is 0.335 e. The summed E-state index contributed by atoms with van der Waals surface area (Å²) < 4.78 is 10.7. The van der Waals surface area contributed by atoms with E-state index in [1.165, 1.54) is 63.6 Å². The van der Waals surface area contributed by atoms with Gasteiger partial charge in [0.05, 0.1) is 12.2 Å². The summed E-state index contributed by atoms with van der Waals surface area (Å²) in [5.41, 5.74) is 0.0608. The molecular formula is C19H28O5. The van der Waals surface area contributed by atoms with Gasteiger partial charge in [0.25, 0.3) is 0 Å². The molecule has 0 saturated heterocycles. The van der Waals surface area contributed by atoms with E-state index in [9.17, 15) is 9.59 Å². The van der Waals surface area contributed by atoms with Gasteiger partial charge in [-0.3, -0.25) is 4.79 Å². The number of rotatable bonds is 12. The molecule has 0 atom stereocenters. The summed E-state index contributed by atoms with van der Waals surface area (Å²) in [7, 11) is 0. The average molecular weight is 336 g/mol. The van der Waals surface area contributed by atoms with E-state index in [0.717, 1.165) is 12.8 Å². The number of carboxylic acids is 1. The van der Waals surface area contributed by atoms with Crippen molar-refractivity contribution in [1.29, 1.82) is 0 Å². The van der Waals surface area contributed by atoms with Gasteiger partial charge in [-0.05, 0) is 24.6 Å². The van der Waals surface area contributed by atoms with E-state index in [0.29, 0.717) is 12.4 Å². The largest absolute Gasteiger partial charge is 0.490 e. The van der Waals surface area contributed by atoms with Crippen LogP contribution in [0.2, 0.25) is 0 Å². The van der Waals surface area contributed by atoms with Gasteiger partial charge in [-0.1, -0.05) is 51.9 Å². The molecule has 0 aliphatic heterocycles. The van der Waals surface area contributed by atoms with Crippen LogP contribution >= 0.6 is 0 Å². The Kier molecular flexibility index (Phi) is 9.58. The minimum Gasteiger partial charge on any atom is -0.490 e. The minimum atomic E-state index is -1.07. The van der Waals surface area contributed by atoms with Crippen molar-refractivity contribution in [3.05, 3.63) is 23.8 Å². The first-order valence-electron chi connectivity index (χ1n) is 8.73. The van der Waals surface area contributed by atoms with Crippen molar-refractivity contribution in [1.82, 2.24) is 0 Å². The second-order valence-corrected chi connectivity index (χ2v) is 5.88. The van der Waals surface area contributed by atoms with E-state index >= 15 is 0 Å². The van der Waals surface area contributed by atoms with Crippen LogP contribution in [-0.2, 0) is 4.79 Å². The van der Waals surface area contributed by atoms with Crippen molar-refractivity contribution in [2.24, 2.45) is 0 Å². The molecule has 134 valence electrons. The third-order valence-corrected chi connectivity index (χ3v) is 3.70. The van der Waals surface area contributed by atoms with Crippen LogP contribution in [0.25, 0.3) is 0 Å². The Bertz CT molecular complexity index is 524. The van der Waals surface area contributed by atoms with Gasteiger partial charge in [-0.2, -0.15) is 0 Å². The molecule has 5 heteroatoms. The molecule has 0 unspecified atom stereocenters. The highest BCUT2D eigenvalue weighted by Gasteiger charge is 2.12.